The molecule has 0 fully saturated rings. The fourth-order valence-electron chi connectivity index (χ4n) is 1.46. The van der Waals surface area contributed by atoms with Crippen LogP contribution in [0.5, 0.6) is 0 Å². The summed E-state index contributed by atoms with van der Waals surface area (Å²) >= 11 is 1.26. The molecule has 0 unspecified atom stereocenters. The van der Waals surface area contributed by atoms with Crippen molar-refractivity contribution in [3.8, 4) is 0 Å². The molecule has 0 aliphatic rings. The van der Waals surface area contributed by atoms with Crippen LogP contribution in [0, 0.1) is 0 Å². The monoisotopic (exact) mass is 306 g/mol. The summed E-state index contributed by atoms with van der Waals surface area (Å²) in [5.74, 6) is 0. The van der Waals surface area contributed by atoms with Crippen molar-refractivity contribution in [3.05, 3.63) is 17.0 Å². The average Bonchev–Trinajstić information content (AvgIpc) is 2.85. The molecule has 0 atom stereocenters. The van der Waals surface area contributed by atoms with Gasteiger partial charge in [-0.1, -0.05) is 6.92 Å². The van der Waals surface area contributed by atoms with Gasteiger partial charge in [-0.15, -0.1) is 11.3 Å². The third-order valence-electron chi connectivity index (χ3n) is 2.63. The van der Waals surface area contributed by atoms with Crippen LogP contribution in [0.2, 0.25) is 0 Å². The van der Waals surface area contributed by atoms with Gasteiger partial charge in [0.1, 0.15) is 4.21 Å². The molecule has 0 spiro atoms. The third kappa shape index (κ3) is 4.85. The minimum atomic E-state index is -3.38. The van der Waals surface area contributed by atoms with Crippen molar-refractivity contribution in [2.24, 2.45) is 0 Å². The lowest BCUT2D eigenvalue weighted by molar-refractivity contribution is 0.138. The van der Waals surface area contributed by atoms with Gasteiger partial charge in [-0.25, -0.2) is 8.42 Å². The summed E-state index contributed by atoms with van der Waals surface area (Å²) in [7, 11) is -1.80. The molecule has 0 aliphatic heterocycles. The van der Waals surface area contributed by atoms with Crippen molar-refractivity contribution in [1.82, 2.24) is 9.62 Å². The van der Waals surface area contributed by atoms with Gasteiger partial charge < -0.3 is 10.1 Å². The van der Waals surface area contributed by atoms with Crippen LogP contribution in [0.4, 0.5) is 0 Å². The Balaban J connectivity index is 2.68. The van der Waals surface area contributed by atoms with Gasteiger partial charge in [-0.2, -0.15) is 4.31 Å². The van der Waals surface area contributed by atoms with E-state index in [9.17, 15) is 8.42 Å². The van der Waals surface area contributed by atoms with Crippen LogP contribution in [-0.4, -0.2) is 46.1 Å². The molecule has 5 nitrogen and oxygen atoms in total. The Morgan fingerprint density at radius 1 is 1.42 bits per heavy atom. The van der Waals surface area contributed by atoms with Crippen LogP contribution in [0.3, 0.4) is 0 Å². The fourth-order valence-corrected chi connectivity index (χ4v) is 4.03. The Morgan fingerprint density at radius 3 is 2.79 bits per heavy atom. The second-order valence-electron chi connectivity index (χ2n) is 4.08. The first kappa shape index (κ1) is 16.6. The molecule has 0 saturated heterocycles. The van der Waals surface area contributed by atoms with Crippen molar-refractivity contribution < 1.29 is 13.2 Å². The van der Waals surface area contributed by atoms with Crippen LogP contribution in [-0.2, 0) is 21.3 Å². The molecule has 19 heavy (non-hydrogen) atoms. The lowest BCUT2D eigenvalue weighted by Gasteiger charge is -2.15. The molecule has 1 aromatic rings. The molecule has 0 bridgehead atoms. The van der Waals surface area contributed by atoms with E-state index in [1.165, 1.54) is 15.6 Å². The van der Waals surface area contributed by atoms with Gasteiger partial charge in [0.15, 0.2) is 0 Å². The summed E-state index contributed by atoms with van der Waals surface area (Å²) in [6.07, 6.45) is 0. The Kier molecular flexibility index (Phi) is 6.95. The maximum atomic E-state index is 12.3. The topological polar surface area (TPSA) is 58.6 Å². The molecular formula is C12H22N2O3S2. The van der Waals surface area contributed by atoms with E-state index in [4.69, 9.17) is 4.74 Å². The highest BCUT2D eigenvalue weighted by Crippen LogP contribution is 2.23. The molecule has 1 heterocycles. The molecule has 0 radical (unpaired) electrons. The number of nitrogens with one attached hydrogen (secondary N) is 1. The van der Waals surface area contributed by atoms with Crippen molar-refractivity contribution in [1.29, 1.82) is 0 Å². The molecule has 1 aromatic heterocycles. The largest absolute Gasteiger partial charge is 0.380 e. The number of rotatable bonds is 9. The van der Waals surface area contributed by atoms with Crippen LogP contribution in [0.1, 0.15) is 19.4 Å². The van der Waals surface area contributed by atoms with Crippen LogP contribution >= 0.6 is 11.3 Å². The van der Waals surface area contributed by atoms with Crippen molar-refractivity contribution in [2.75, 3.05) is 33.4 Å². The standard InChI is InChI=1S/C12H22N2O3S2/c1-4-13-9-11-8-12(18-10-11)19(15,16)14(3)6-7-17-5-2/h8,10,13H,4-7,9H2,1-3H3. The molecule has 0 saturated carbocycles. The normalized spacial score (nSPS) is 12.2. The number of thiophene rings is 1. The van der Waals surface area contributed by atoms with E-state index in [2.05, 4.69) is 5.32 Å². The molecule has 7 heteroatoms. The van der Waals surface area contributed by atoms with Gasteiger partial charge in [0.05, 0.1) is 6.61 Å². The molecule has 0 aliphatic carbocycles. The quantitative estimate of drug-likeness (QED) is 0.703. The van der Waals surface area contributed by atoms with Crippen LogP contribution < -0.4 is 5.32 Å². The van der Waals surface area contributed by atoms with E-state index < -0.39 is 10.0 Å². The third-order valence-corrected chi connectivity index (χ3v) is 5.95. The molecule has 110 valence electrons. The molecule has 0 aromatic carbocycles. The second-order valence-corrected chi connectivity index (χ2v) is 7.26. The van der Waals surface area contributed by atoms with E-state index >= 15 is 0 Å². The fraction of sp³-hybridized carbons (Fsp3) is 0.667. The average molecular weight is 306 g/mol. The van der Waals surface area contributed by atoms with Gasteiger partial charge in [0.2, 0.25) is 0 Å². The molecular weight excluding hydrogens is 284 g/mol. The van der Waals surface area contributed by atoms with Crippen LogP contribution in [0.25, 0.3) is 0 Å². The first-order chi connectivity index (χ1) is 9.02. The summed E-state index contributed by atoms with van der Waals surface area (Å²) in [5.41, 5.74) is 1.00. The van der Waals surface area contributed by atoms with Gasteiger partial charge in [-0.05, 0) is 30.5 Å². The highest BCUT2D eigenvalue weighted by molar-refractivity contribution is 7.91. The zero-order valence-electron chi connectivity index (χ0n) is 11.7. The van der Waals surface area contributed by atoms with E-state index in [1.54, 1.807) is 13.1 Å². The smallest absolute Gasteiger partial charge is 0.252 e. The van der Waals surface area contributed by atoms with Gasteiger partial charge >= 0.3 is 0 Å². The highest BCUT2D eigenvalue weighted by Gasteiger charge is 2.22. The molecule has 1 N–H and O–H groups in total. The van der Waals surface area contributed by atoms with E-state index in [-0.39, 0.29) is 0 Å². The van der Waals surface area contributed by atoms with Crippen molar-refractivity contribution >= 4 is 21.4 Å². The highest BCUT2D eigenvalue weighted by atomic mass is 32.2. The summed E-state index contributed by atoms with van der Waals surface area (Å²) in [4.78, 5) is 0. The second kappa shape index (κ2) is 7.96. The first-order valence-corrected chi connectivity index (χ1v) is 8.66. The number of hydrogen-bond acceptors (Lipinski definition) is 5. The van der Waals surface area contributed by atoms with Crippen molar-refractivity contribution in [3.63, 3.8) is 0 Å². The molecule has 0 amide bonds. The summed E-state index contributed by atoms with van der Waals surface area (Å²) in [6, 6.07) is 1.74. The summed E-state index contributed by atoms with van der Waals surface area (Å²) in [5, 5.41) is 5.06. The number of nitrogens with zero attached hydrogens (tertiary/aromatic N) is 1. The number of hydrogen-bond donors (Lipinski definition) is 1. The first-order valence-electron chi connectivity index (χ1n) is 6.34. The van der Waals surface area contributed by atoms with E-state index in [0.29, 0.717) is 30.5 Å². The van der Waals surface area contributed by atoms with Crippen molar-refractivity contribution in [2.45, 2.75) is 24.6 Å². The minimum absolute atomic E-state index is 0.372. The van der Waals surface area contributed by atoms with E-state index in [1.807, 2.05) is 19.2 Å². The zero-order valence-corrected chi connectivity index (χ0v) is 13.3. The van der Waals surface area contributed by atoms with Gasteiger partial charge in [-0.3, -0.25) is 0 Å². The lowest BCUT2D eigenvalue weighted by atomic mass is 10.3. The Labute approximate surface area is 119 Å². The predicted molar refractivity (Wildman–Crippen MR) is 78.0 cm³/mol. The Bertz CT molecular complexity index is 471. The van der Waals surface area contributed by atoms with Gasteiger partial charge in [0, 0.05) is 26.7 Å². The maximum absolute atomic E-state index is 12.3. The predicted octanol–water partition coefficient (Wildman–Crippen LogP) is 1.51. The zero-order chi connectivity index (χ0) is 14.3. The lowest BCUT2D eigenvalue weighted by Crippen LogP contribution is -2.29. The Morgan fingerprint density at radius 2 is 2.16 bits per heavy atom. The van der Waals surface area contributed by atoms with Crippen LogP contribution in [0.15, 0.2) is 15.7 Å². The van der Waals surface area contributed by atoms with E-state index in [0.717, 1.165) is 12.1 Å². The Hall–Kier alpha value is -0.470. The summed E-state index contributed by atoms with van der Waals surface area (Å²) < 4.78 is 31.5. The summed E-state index contributed by atoms with van der Waals surface area (Å²) in [6.45, 7) is 6.86. The number of likely N-dealkylation sites (N-methyl/N-ethyl adjacent to an activating group) is 1. The SMILES string of the molecule is CCNCc1csc(S(=O)(=O)N(C)CCOCC)c1. The number of sulfonamides is 1. The number of ether oxygens (including phenoxy) is 1. The minimum Gasteiger partial charge on any atom is -0.380 e. The van der Waals surface area contributed by atoms with Gasteiger partial charge in [0.25, 0.3) is 10.0 Å². The molecule has 1 rings (SSSR count). The maximum Gasteiger partial charge on any atom is 0.252 e.